The molecule has 2 aromatic rings. The first-order chi connectivity index (χ1) is 9.74. The van der Waals surface area contributed by atoms with Crippen molar-refractivity contribution in [1.29, 1.82) is 0 Å². The van der Waals surface area contributed by atoms with Crippen LogP contribution in [-0.4, -0.2) is 27.3 Å². The summed E-state index contributed by atoms with van der Waals surface area (Å²) in [6.07, 6.45) is 8.11. The lowest BCUT2D eigenvalue weighted by Crippen LogP contribution is -2.34. The van der Waals surface area contributed by atoms with Gasteiger partial charge in [0.2, 0.25) is 5.89 Å². The van der Waals surface area contributed by atoms with E-state index in [1.165, 1.54) is 0 Å². The molecule has 0 radical (unpaired) electrons. The molecule has 104 valence electrons. The summed E-state index contributed by atoms with van der Waals surface area (Å²) >= 11 is 0. The fraction of sp³-hybridized carbons (Fsp3) is 0.533. The van der Waals surface area contributed by atoms with Crippen LogP contribution in [0.2, 0.25) is 0 Å². The molecule has 2 fully saturated rings. The molecular formula is C15H17N3O2. The third-order valence-electron chi connectivity index (χ3n) is 4.51. The molecule has 5 heteroatoms. The van der Waals surface area contributed by atoms with E-state index >= 15 is 0 Å². The molecule has 2 bridgehead atoms. The summed E-state index contributed by atoms with van der Waals surface area (Å²) in [5.74, 6) is 1.44. The van der Waals surface area contributed by atoms with Gasteiger partial charge in [0.1, 0.15) is 0 Å². The van der Waals surface area contributed by atoms with Gasteiger partial charge in [0.05, 0.1) is 17.6 Å². The van der Waals surface area contributed by atoms with Gasteiger partial charge in [0.25, 0.3) is 0 Å². The molecule has 0 N–H and O–H groups in total. The molecule has 0 saturated carbocycles. The van der Waals surface area contributed by atoms with Gasteiger partial charge in [-0.15, -0.1) is 0 Å². The Bertz CT molecular complexity index is 613. The SMILES string of the molecule is C[C@@]1(c2nc(Cc3cccnc3)no2)C[C@H]2CC[C@H]1O2. The van der Waals surface area contributed by atoms with E-state index in [1.807, 2.05) is 18.3 Å². The number of ether oxygens (including phenoxy) is 1. The van der Waals surface area contributed by atoms with Crippen LogP contribution in [-0.2, 0) is 16.6 Å². The zero-order chi connectivity index (χ0) is 13.6. The van der Waals surface area contributed by atoms with Crippen molar-refractivity contribution in [3.8, 4) is 0 Å². The maximum absolute atomic E-state index is 5.93. The zero-order valence-electron chi connectivity index (χ0n) is 11.5. The minimum Gasteiger partial charge on any atom is -0.374 e. The van der Waals surface area contributed by atoms with Crippen molar-refractivity contribution in [2.24, 2.45) is 0 Å². The number of pyridine rings is 1. The maximum Gasteiger partial charge on any atom is 0.235 e. The molecule has 2 aliphatic rings. The smallest absolute Gasteiger partial charge is 0.235 e. The lowest BCUT2D eigenvalue weighted by atomic mass is 9.75. The first kappa shape index (κ1) is 12.0. The van der Waals surface area contributed by atoms with Crippen molar-refractivity contribution < 1.29 is 9.26 Å². The van der Waals surface area contributed by atoms with Crippen molar-refractivity contribution >= 4 is 0 Å². The lowest BCUT2D eigenvalue weighted by Gasteiger charge is -2.26. The summed E-state index contributed by atoms with van der Waals surface area (Å²) in [7, 11) is 0. The monoisotopic (exact) mass is 271 g/mol. The van der Waals surface area contributed by atoms with Gasteiger partial charge in [0.15, 0.2) is 5.82 Å². The molecule has 0 amide bonds. The summed E-state index contributed by atoms with van der Waals surface area (Å²) < 4.78 is 11.4. The third-order valence-corrected chi connectivity index (χ3v) is 4.51. The van der Waals surface area contributed by atoms with E-state index < -0.39 is 0 Å². The van der Waals surface area contributed by atoms with Crippen LogP contribution >= 0.6 is 0 Å². The quantitative estimate of drug-likeness (QED) is 0.857. The standard InChI is InChI=1S/C15H17N3O2/c1-15(8-11-4-5-12(15)19-11)14-17-13(18-20-14)7-10-3-2-6-16-9-10/h2-3,6,9,11-12H,4-5,7-8H2,1H3/t11-,12-,15-/m1/s1. The van der Waals surface area contributed by atoms with Gasteiger partial charge in [0, 0.05) is 18.8 Å². The first-order valence-electron chi connectivity index (χ1n) is 7.11. The average Bonchev–Trinajstić information content (AvgIpc) is 3.15. The van der Waals surface area contributed by atoms with Gasteiger partial charge < -0.3 is 9.26 Å². The molecule has 2 aromatic heterocycles. The summed E-state index contributed by atoms with van der Waals surface area (Å²) in [5.41, 5.74) is 0.984. The van der Waals surface area contributed by atoms with Crippen molar-refractivity contribution in [1.82, 2.24) is 15.1 Å². The lowest BCUT2D eigenvalue weighted by molar-refractivity contribution is 0.0803. The van der Waals surface area contributed by atoms with Crippen LogP contribution in [0.25, 0.3) is 0 Å². The molecule has 4 heterocycles. The van der Waals surface area contributed by atoms with Gasteiger partial charge >= 0.3 is 0 Å². The Morgan fingerprint density at radius 3 is 3.05 bits per heavy atom. The van der Waals surface area contributed by atoms with Crippen molar-refractivity contribution in [2.75, 3.05) is 0 Å². The molecule has 4 rings (SSSR count). The molecule has 20 heavy (non-hydrogen) atoms. The summed E-state index contributed by atoms with van der Waals surface area (Å²) in [5, 5.41) is 4.12. The Balaban J connectivity index is 1.57. The Hall–Kier alpha value is -1.75. The molecule has 0 aliphatic carbocycles. The van der Waals surface area contributed by atoms with Crippen LogP contribution in [0.3, 0.4) is 0 Å². The Morgan fingerprint density at radius 2 is 2.35 bits per heavy atom. The molecule has 0 spiro atoms. The second-order valence-corrected chi connectivity index (χ2v) is 6.00. The Kier molecular flexibility index (Phi) is 2.63. The molecule has 0 aromatic carbocycles. The highest BCUT2D eigenvalue weighted by Crippen LogP contribution is 2.48. The van der Waals surface area contributed by atoms with E-state index in [-0.39, 0.29) is 11.5 Å². The topological polar surface area (TPSA) is 61.0 Å². The van der Waals surface area contributed by atoms with Crippen LogP contribution in [0.4, 0.5) is 0 Å². The average molecular weight is 271 g/mol. The van der Waals surface area contributed by atoms with Crippen LogP contribution in [0.15, 0.2) is 29.0 Å². The van der Waals surface area contributed by atoms with Gasteiger partial charge in [-0.25, -0.2) is 0 Å². The predicted octanol–water partition coefficient (Wildman–Crippen LogP) is 2.26. The number of hydrogen-bond donors (Lipinski definition) is 0. The summed E-state index contributed by atoms with van der Waals surface area (Å²) in [6, 6.07) is 3.94. The fourth-order valence-electron chi connectivity index (χ4n) is 3.40. The summed E-state index contributed by atoms with van der Waals surface area (Å²) in [6.45, 7) is 2.18. The second-order valence-electron chi connectivity index (χ2n) is 6.00. The van der Waals surface area contributed by atoms with Gasteiger partial charge in [-0.1, -0.05) is 11.2 Å². The van der Waals surface area contributed by atoms with Crippen LogP contribution in [0.1, 0.15) is 43.5 Å². The number of aromatic nitrogens is 3. The Morgan fingerprint density at radius 1 is 1.40 bits per heavy atom. The number of rotatable bonds is 3. The second kappa shape index (κ2) is 4.38. The van der Waals surface area contributed by atoms with E-state index in [4.69, 9.17) is 9.26 Å². The molecule has 2 aliphatic heterocycles. The largest absolute Gasteiger partial charge is 0.374 e. The van der Waals surface area contributed by atoms with Gasteiger partial charge in [-0.2, -0.15) is 4.98 Å². The van der Waals surface area contributed by atoms with Crippen molar-refractivity contribution in [3.05, 3.63) is 41.8 Å². The molecule has 2 saturated heterocycles. The number of fused-ring (bicyclic) bond motifs is 2. The minimum atomic E-state index is -0.108. The van der Waals surface area contributed by atoms with Crippen molar-refractivity contribution in [2.45, 2.75) is 50.2 Å². The van der Waals surface area contributed by atoms with Gasteiger partial charge in [-0.3, -0.25) is 4.98 Å². The molecule has 0 unspecified atom stereocenters. The number of nitrogens with zero attached hydrogens (tertiary/aromatic N) is 3. The van der Waals surface area contributed by atoms with Crippen LogP contribution in [0.5, 0.6) is 0 Å². The zero-order valence-corrected chi connectivity index (χ0v) is 11.5. The molecule has 3 atom stereocenters. The molecule has 5 nitrogen and oxygen atoms in total. The fourth-order valence-corrected chi connectivity index (χ4v) is 3.40. The highest BCUT2D eigenvalue weighted by atomic mass is 16.5. The maximum atomic E-state index is 5.93. The van der Waals surface area contributed by atoms with E-state index in [0.717, 1.165) is 36.5 Å². The van der Waals surface area contributed by atoms with E-state index in [0.29, 0.717) is 12.5 Å². The van der Waals surface area contributed by atoms with Gasteiger partial charge in [-0.05, 0) is 37.8 Å². The minimum absolute atomic E-state index is 0.108. The van der Waals surface area contributed by atoms with Crippen LogP contribution in [0, 0.1) is 0 Å². The predicted molar refractivity (Wildman–Crippen MR) is 71.2 cm³/mol. The summed E-state index contributed by atoms with van der Waals surface area (Å²) in [4.78, 5) is 8.70. The normalized spacial score (nSPS) is 31.9. The van der Waals surface area contributed by atoms with E-state index in [2.05, 4.69) is 22.0 Å². The number of hydrogen-bond acceptors (Lipinski definition) is 5. The molecular weight excluding hydrogens is 254 g/mol. The van der Waals surface area contributed by atoms with Crippen LogP contribution < -0.4 is 0 Å². The highest BCUT2D eigenvalue weighted by Gasteiger charge is 2.53. The first-order valence-corrected chi connectivity index (χ1v) is 7.11. The third kappa shape index (κ3) is 1.85. The van der Waals surface area contributed by atoms with E-state index in [9.17, 15) is 0 Å². The van der Waals surface area contributed by atoms with Crippen molar-refractivity contribution in [3.63, 3.8) is 0 Å². The highest BCUT2D eigenvalue weighted by molar-refractivity contribution is 5.17. The Labute approximate surface area is 117 Å². The van der Waals surface area contributed by atoms with E-state index in [1.54, 1.807) is 6.20 Å².